The first-order valence-electron chi connectivity index (χ1n) is 4.94. The van der Waals surface area contributed by atoms with Gasteiger partial charge in [0.05, 0.1) is 0 Å². The number of halogens is 2. The van der Waals surface area contributed by atoms with Gasteiger partial charge in [-0.3, -0.25) is 0 Å². The van der Waals surface area contributed by atoms with Gasteiger partial charge in [0.25, 0.3) is 0 Å². The van der Waals surface area contributed by atoms with Gasteiger partial charge in [0.2, 0.25) is 11.8 Å². The van der Waals surface area contributed by atoms with Crippen LogP contribution in [-0.4, -0.2) is 16.1 Å². The predicted octanol–water partition coefficient (Wildman–Crippen LogP) is 3.51. The van der Waals surface area contributed by atoms with Crippen molar-refractivity contribution in [1.29, 1.82) is 0 Å². The average Bonchev–Trinajstić information content (AvgIpc) is 2.76. The van der Waals surface area contributed by atoms with E-state index in [0.717, 1.165) is 18.4 Å². The van der Waals surface area contributed by atoms with E-state index in [1.807, 2.05) is 24.3 Å². The molecule has 0 radical (unpaired) electrons. The number of hydrogen-bond acceptors (Lipinski definition) is 3. The highest BCUT2D eigenvalue weighted by Gasteiger charge is 2.07. The van der Waals surface area contributed by atoms with Gasteiger partial charge < -0.3 is 4.42 Å². The Morgan fingerprint density at radius 3 is 2.62 bits per heavy atom. The molecule has 0 atom stereocenters. The molecule has 5 heteroatoms. The smallest absolute Gasteiger partial charge is 0.247 e. The van der Waals surface area contributed by atoms with Crippen LogP contribution in [0.4, 0.5) is 0 Å². The van der Waals surface area contributed by atoms with Crippen LogP contribution in [0.25, 0.3) is 11.5 Å². The highest BCUT2D eigenvalue weighted by Crippen LogP contribution is 2.19. The quantitative estimate of drug-likeness (QED) is 0.627. The monoisotopic (exact) mass is 348 g/mol. The Morgan fingerprint density at radius 1 is 1.19 bits per heavy atom. The molecule has 0 saturated carbocycles. The maximum atomic E-state index is 5.60. The van der Waals surface area contributed by atoms with E-state index >= 15 is 0 Å². The Bertz CT molecular complexity index is 455. The molecule has 1 heterocycles. The number of rotatable bonds is 4. The van der Waals surface area contributed by atoms with Crippen molar-refractivity contribution in [2.45, 2.75) is 12.8 Å². The molecular weight excluding hydrogens is 338 g/mol. The van der Waals surface area contributed by atoms with Gasteiger partial charge in [-0.15, -0.1) is 21.8 Å². The Kier molecular flexibility index (Phi) is 4.17. The molecule has 0 unspecified atom stereocenters. The van der Waals surface area contributed by atoms with E-state index in [4.69, 9.17) is 16.0 Å². The highest BCUT2D eigenvalue weighted by molar-refractivity contribution is 14.1. The van der Waals surface area contributed by atoms with E-state index in [9.17, 15) is 0 Å². The Labute approximate surface area is 112 Å². The summed E-state index contributed by atoms with van der Waals surface area (Å²) in [6.45, 7) is 0. The summed E-state index contributed by atoms with van der Waals surface area (Å²) in [5, 5.41) is 7.98. The molecule has 0 aliphatic rings. The van der Waals surface area contributed by atoms with Gasteiger partial charge in [-0.25, -0.2) is 0 Å². The minimum atomic E-state index is 0.570. The zero-order valence-electron chi connectivity index (χ0n) is 8.49. The molecule has 1 aromatic carbocycles. The van der Waals surface area contributed by atoms with Crippen molar-refractivity contribution < 1.29 is 4.42 Å². The molecule has 84 valence electrons. The predicted molar refractivity (Wildman–Crippen MR) is 71.5 cm³/mol. The molecule has 0 spiro atoms. The number of aryl methyl sites for hydroxylation is 1. The third-order valence-corrected chi connectivity index (χ3v) is 3.07. The summed E-state index contributed by atoms with van der Waals surface area (Å²) in [4.78, 5) is 0. The fraction of sp³-hybridized carbons (Fsp3) is 0.273. The molecule has 0 amide bonds. The van der Waals surface area contributed by atoms with Crippen molar-refractivity contribution in [2.24, 2.45) is 0 Å². The van der Waals surface area contributed by atoms with E-state index in [1.54, 1.807) is 0 Å². The summed E-state index contributed by atoms with van der Waals surface area (Å²) in [5.74, 6) is 1.83. The zero-order chi connectivity index (χ0) is 11.4. The average molecular weight is 349 g/mol. The van der Waals surface area contributed by atoms with Gasteiger partial charge in [-0.05, 0) is 53.3 Å². The lowest BCUT2D eigenvalue weighted by Crippen LogP contribution is -1.85. The van der Waals surface area contributed by atoms with Crippen molar-refractivity contribution in [1.82, 2.24) is 10.2 Å². The number of nitrogens with zero attached hydrogens (tertiary/aromatic N) is 2. The minimum Gasteiger partial charge on any atom is -0.421 e. The second kappa shape index (κ2) is 5.63. The van der Waals surface area contributed by atoms with E-state index in [2.05, 4.69) is 32.8 Å². The van der Waals surface area contributed by atoms with Gasteiger partial charge in [0.1, 0.15) is 0 Å². The molecule has 16 heavy (non-hydrogen) atoms. The van der Waals surface area contributed by atoms with Crippen LogP contribution in [0.15, 0.2) is 28.7 Å². The van der Waals surface area contributed by atoms with Crippen LogP contribution >= 0.6 is 34.2 Å². The number of hydrogen-bond donors (Lipinski definition) is 0. The third kappa shape index (κ3) is 2.95. The molecule has 0 N–H and O–H groups in total. The van der Waals surface area contributed by atoms with Crippen LogP contribution in [0, 0.1) is 3.57 Å². The zero-order valence-corrected chi connectivity index (χ0v) is 11.4. The van der Waals surface area contributed by atoms with E-state index in [0.29, 0.717) is 17.7 Å². The second-order valence-electron chi connectivity index (χ2n) is 3.30. The summed E-state index contributed by atoms with van der Waals surface area (Å²) in [6.07, 6.45) is 1.59. The van der Waals surface area contributed by atoms with Crippen molar-refractivity contribution in [3.05, 3.63) is 33.7 Å². The fourth-order valence-corrected chi connectivity index (χ4v) is 1.78. The number of alkyl halides is 1. The van der Waals surface area contributed by atoms with Crippen LogP contribution in [0.1, 0.15) is 12.3 Å². The van der Waals surface area contributed by atoms with Crippen molar-refractivity contribution >= 4 is 34.2 Å². The Hall–Kier alpha value is -0.620. The standard InChI is InChI=1S/C11H10ClIN2O/c12-7-1-2-10-14-15-11(16-10)8-3-5-9(13)6-4-8/h3-6H,1-2,7H2. The minimum absolute atomic E-state index is 0.570. The largest absolute Gasteiger partial charge is 0.421 e. The van der Waals surface area contributed by atoms with Crippen LogP contribution < -0.4 is 0 Å². The summed E-state index contributed by atoms with van der Waals surface area (Å²) in [5.41, 5.74) is 0.949. The maximum Gasteiger partial charge on any atom is 0.247 e. The van der Waals surface area contributed by atoms with Gasteiger partial charge in [-0.2, -0.15) is 0 Å². The molecular formula is C11H10ClIN2O. The molecule has 2 rings (SSSR count). The number of benzene rings is 1. The molecule has 3 nitrogen and oxygen atoms in total. The summed E-state index contributed by atoms with van der Waals surface area (Å²) >= 11 is 7.86. The molecule has 1 aromatic heterocycles. The molecule has 0 fully saturated rings. The number of aromatic nitrogens is 2. The van der Waals surface area contributed by atoms with Crippen LogP contribution in [0.5, 0.6) is 0 Å². The van der Waals surface area contributed by atoms with Crippen LogP contribution in [0.2, 0.25) is 0 Å². The lowest BCUT2D eigenvalue weighted by Gasteiger charge is -1.94. The molecule has 0 bridgehead atoms. The van der Waals surface area contributed by atoms with E-state index < -0.39 is 0 Å². The Morgan fingerprint density at radius 2 is 1.94 bits per heavy atom. The first-order valence-corrected chi connectivity index (χ1v) is 6.55. The fourth-order valence-electron chi connectivity index (χ4n) is 1.28. The molecule has 0 aliphatic carbocycles. The first-order chi connectivity index (χ1) is 7.79. The topological polar surface area (TPSA) is 38.9 Å². The van der Waals surface area contributed by atoms with Crippen LogP contribution in [0.3, 0.4) is 0 Å². The summed E-state index contributed by atoms with van der Waals surface area (Å²) < 4.78 is 6.71. The lowest BCUT2D eigenvalue weighted by molar-refractivity contribution is 0.502. The van der Waals surface area contributed by atoms with Crippen molar-refractivity contribution in [3.63, 3.8) is 0 Å². The summed E-state index contributed by atoms with van der Waals surface area (Å²) in [7, 11) is 0. The van der Waals surface area contributed by atoms with Crippen LogP contribution in [-0.2, 0) is 6.42 Å². The van der Waals surface area contributed by atoms with E-state index in [1.165, 1.54) is 3.57 Å². The molecule has 2 aromatic rings. The van der Waals surface area contributed by atoms with E-state index in [-0.39, 0.29) is 0 Å². The molecule has 0 aliphatic heterocycles. The summed E-state index contributed by atoms with van der Waals surface area (Å²) in [6, 6.07) is 7.97. The normalized spacial score (nSPS) is 10.6. The highest BCUT2D eigenvalue weighted by atomic mass is 127. The lowest BCUT2D eigenvalue weighted by atomic mass is 10.2. The van der Waals surface area contributed by atoms with Crippen molar-refractivity contribution in [3.8, 4) is 11.5 Å². The second-order valence-corrected chi connectivity index (χ2v) is 4.92. The Balaban J connectivity index is 2.15. The first kappa shape index (κ1) is 11.9. The molecule has 0 saturated heterocycles. The van der Waals surface area contributed by atoms with Gasteiger partial charge in [0, 0.05) is 21.4 Å². The van der Waals surface area contributed by atoms with Crippen molar-refractivity contribution in [2.75, 3.05) is 5.88 Å². The van der Waals surface area contributed by atoms with Gasteiger partial charge in [0.15, 0.2) is 0 Å². The van der Waals surface area contributed by atoms with Gasteiger partial charge in [-0.1, -0.05) is 0 Å². The SMILES string of the molecule is ClCCCc1nnc(-c2ccc(I)cc2)o1. The third-order valence-electron chi connectivity index (χ3n) is 2.08. The maximum absolute atomic E-state index is 5.60. The van der Waals surface area contributed by atoms with Gasteiger partial charge >= 0.3 is 0 Å².